The Hall–Kier alpha value is -2.21. The standard InChI is InChI=1S/C20H24N4OS/c1-2-23-13-11-21-20(23)15-6-5-12-24(14-15)19(25)10-9-18-22-16-7-3-4-8-17(16)26-18/h3-4,7-8,11,13,15H,2,5-6,9-10,12,14H2,1H3. The second kappa shape index (κ2) is 7.58. The molecule has 1 aromatic carbocycles. The normalized spacial score (nSPS) is 17.7. The van der Waals surface area contributed by atoms with E-state index in [1.165, 1.54) is 4.70 Å². The fourth-order valence-electron chi connectivity index (χ4n) is 3.76. The molecule has 1 amide bonds. The summed E-state index contributed by atoms with van der Waals surface area (Å²) in [6, 6.07) is 8.15. The summed E-state index contributed by atoms with van der Waals surface area (Å²) >= 11 is 1.69. The van der Waals surface area contributed by atoms with Crippen molar-refractivity contribution >= 4 is 27.5 Å². The number of carbonyl (C=O) groups excluding carboxylic acids is 1. The van der Waals surface area contributed by atoms with Crippen LogP contribution < -0.4 is 0 Å². The van der Waals surface area contributed by atoms with Crippen LogP contribution in [0, 0.1) is 0 Å². The number of rotatable bonds is 5. The average molecular weight is 369 g/mol. The number of hydrogen-bond donors (Lipinski definition) is 0. The minimum absolute atomic E-state index is 0.239. The zero-order valence-corrected chi connectivity index (χ0v) is 15.9. The molecule has 136 valence electrons. The maximum Gasteiger partial charge on any atom is 0.223 e. The van der Waals surface area contributed by atoms with Crippen LogP contribution in [0.5, 0.6) is 0 Å². The van der Waals surface area contributed by atoms with Gasteiger partial charge in [-0.3, -0.25) is 4.79 Å². The summed E-state index contributed by atoms with van der Waals surface area (Å²) in [4.78, 5) is 23.9. The van der Waals surface area contributed by atoms with E-state index in [4.69, 9.17) is 0 Å². The van der Waals surface area contributed by atoms with Crippen LogP contribution in [0.2, 0.25) is 0 Å². The van der Waals surface area contributed by atoms with Crippen molar-refractivity contribution in [3.05, 3.63) is 47.5 Å². The van der Waals surface area contributed by atoms with Gasteiger partial charge in [0.2, 0.25) is 5.91 Å². The second-order valence-electron chi connectivity index (χ2n) is 6.83. The van der Waals surface area contributed by atoms with Gasteiger partial charge >= 0.3 is 0 Å². The summed E-state index contributed by atoms with van der Waals surface area (Å²) in [5.41, 5.74) is 1.03. The smallest absolute Gasteiger partial charge is 0.223 e. The van der Waals surface area contributed by atoms with E-state index in [1.807, 2.05) is 35.5 Å². The van der Waals surface area contributed by atoms with E-state index < -0.39 is 0 Å². The van der Waals surface area contributed by atoms with E-state index in [0.717, 1.165) is 55.2 Å². The minimum atomic E-state index is 0.239. The van der Waals surface area contributed by atoms with Crippen molar-refractivity contribution < 1.29 is 4.79 Å². The highest BCUT2D eigenvalue weighted by Gasteiger charge is 2.27. The monoisotopic (exact) mass is 368 g/mol. The minimum Gasteiger partial charge on any atom is -0.342 e. The molecule has 1 fully saturated rings. The van der Waals surface area contributed by atoms with Crippen molar-refractivity contribution in [2.24, 2.45) is 0 Å². The van der Waals surface area contributed by atoms with Crippen LogP contribution in [-0.4, -0.2) is 38.4 Å². The highest BCUT2D eigenvalue weighted by Crippen LogP contribution is 2.27. The Morgan fingerprint density at radius 2 is 2.23 bits per heavy atom. The Bertz CT molecular complexity index is 867. The Labute approximate surface area is 157 Å². The number of nitrogens with zero attached hydrogens (tertiary/aromatic N) is 4. The van der Waals surface area contributed by atoms with E-state index in [9.17, 15) is 4.79 Å². The van der Waals surface area contributed by atoms with E-state index in [2.05, 4.69) is 27.5 Å². The molecule has 2 aromatic heterocycles. The number of carbonyl (C=O) groups is 1. The predicted octanol–water partition coefficient (Wildman–Crippen LogP) is 3.85. The number of fused-ring (bicyclic) bond motifs is 1. The molecule has 1 saturated heterocycles. The molecule has 26 heavy (non-hydrogen) atoms. The van der Waals surface area contributed by atoms with Crippen molar-refractivity contribution in [3.63, 3.8) is 0 Å². The number of piperidine rings is 1. The summed E-state index contributed by atoms with van der Waals surface area (Å²) in [5, 5.41) is 1.05. The van der Waals surface area contributed by atoms with Gasteiger partial charge in [0.1, 0.15) is 5.82 Å². The van der Waals surface area contributed by atoms with Crippen molar-refractivity contribution in [2.75, 3.05) is 13.1 Å². The van der Waals surface area contributed by atoms with Crippen molar-refractivity contribution in [1.82, 2.24) is 19.4 Å². The quantitative estimate of drug-likeness (QED) is 0.687. The van der Waals surface area contributed by atoms with Crippen LogP contribution in [0.4, 0.5) is 0 Å². The summed E-state index contributed by atoms with van der Waals surface area (Å²) in [7, 11) is 0. The number of likely N-dealkylation sites (tertiary alicyclic amines) is 1. The lowest BCUT2D eigenvalue weighted by Gasteiger charge is -2.32. The molecule has 0 N–H and O–H groups in total. The van der Waals surface area contributed by atoms with Crippen molar-refractivity contribution in [1.29, 1.82) is 0 Å². The third kappa shape index (κ3) is 3.51. The molecule has 0 aliphatic carbocycles. The fraction of sp³-hybridized carbons (Fsp3) is 0.450. The summed E-state index contributed by atoms with van der Waals surface area (Å²) in [6.45, 7) is 4.71. The van der Waals surface area contributed by atoms with Gasteiger partial charge in [0.15, 0.2) is 0 Å². The Morgan fingerprint density at radius 1 is 1.35 bits per heavy atom. The molecule has 1 atom stereocenters. The van der Waals surface area contributed by atoms with Crippen LogP contribution >= 0.6 is 11.3 Å². The number of imidazole rings is 1. The first-order valence-electron chi connectivity index (χ1n) is 9.38. The number of aryl methyl sites for hydroxylation is 2. The Balaban J connectivity index is 1.38. The van der Waals surface area contributed by atoms with Gasteiger partial charge in [-0.25, -0.2) is 9.97 Å². The highest BCUT2D eigenvalue weighted by molar-refractivity contribution is 7.18. The molecular weight excluding hydrogens is 344 g/mol. The summed E-state index contributed by atoms with van der Waals surface area (Å²) in [5.74, 6) is 1.71. The molecule has 1 unspecified atom stereocenters. The van der Waals surface area contributed by atoms with E-state index in [0.29, 0.717) is 12.3 Å². The molecule has 0 saturated carbocycles. The molecule has 0 radical (unpaired) electrons. The number of para-hydroxylation sites is 1. The molecule has 1 aliphatic heterocycles. The van der Waals surface area contributed by atoms with Crippen LogP contribution in [0.1, 0.15) is 42.9 Å². The van der Waals surface area contributed by atoms with Gasteiger partial charge in [0.05, 0.1) is 15.2 Å². The van der Waals surface area contributed by atoms with Gasteiger partial charge in [0.25, 0.3) is 0 Å². The molecule has 6 heteroatoms. The predicted molar refractivity (Wildman–Crippen MR) is 104 cm³/mol. The number of thiazole rings is 1. The lowest BCUT2D eigenvalue weighted by molar-refractivity contribution is -0.132. The molecule has 5 nitrogen and oxygen atoms in total. The fourth-order valence-corrected chi connectivity index (χ4v) is 4.73. The Morgan fingerprint density at radius 3 is 3.08 bits per heavy atom. The van der Waals surface area contributed by atoms with Gasteiger partial charge in [-0.1, -0.05) is 12.1 Å². The molecule has 0 bridgehead atoms. The van der Waals surface area contributed by atoms with E-state index in [-0.39, 0.29) is 5.91 Å². The van der Waals surface area contributed by atoms with Crippen LogP contribution in [0.15, 0.2) is 36.7 Å². The zero-order chi connectivity index (χ0) is 17.9. The van der Waals surface area contributed by atoms with Gasteiger partial charge < -0.3 is 9.47 Å². The first-order valence-corrected chi connectivity index (χ1v) is 10.2. The third-order valence-electron chi connectivity index (χ3n) is 5.12. The zero-order valence-electron chi connectivity index (χ0n) is 15.1. The second-order valence-corrected chi connectivity index (χ2v) is 7.94. The summed E-state index contributed by atoms with van der Waals surface area (Å²) in [6.07, 6.45) is 7.32. The van der Waals surface area contributed by atoms with Crippen molar-refractivity contribution in [3.8, 4) is 0 Å². The van der Waals surface area contributed by atoms with Gasteiger partial charge in [-0.05, 0) is 31.9 Å². The number of hydrogen-bond acceptors (Lipinski definition) is 4. The molecule has 3 aromatic rings. The van der Waals surface area contributed by atoms with E-state index >= 15 is 0 Å². The highest BCUT2D eigenvalue weighted by atomic mass is 32.1. The lowest BCUT2D eigenvalue weighted by Crippen LogP contribution is -2.39. The van der Waals surface area contributed by atoms with Gasteiger partial charge in [-0.15, -0.1) is 11.3 Å². The first-order chi connectivity index (χ1) is 12.7. The third-order valence-corrected chi connectivity index (χ3v) is 6.21. The number of benzene rings is 1. The number of aromatic nitrogens is 3. The topological polar surface area (TPSA) is 51.0 Å². The van der Waals surface area contributed by atoms with Gasteiger partial charge in [0, 0.05) is 50.8 Å². The molecule has 1 aliphatic rings. The number of amides is 1. The lowest BCUT2D eigenvalue weighted by atomic mass is 9.96. The molecule has 4 rings (SSSR count). The Kier molecular flexibility index (Phi) is 5.02. The van der Waals surface area contributed by atoms with Crippen LogP contribution in [0.3, 0.4) is 0 Å². The van der Waals surface area contributed by atoms with Gasteiger partial charge in [-0.2, -0.15) is 0 Å². The van der Waals surface area contributed by atoms with Crippen LogP contribution in [-0.2, 0) is 17.8 Å². The maximum atomic E-state index is 12.7. The average Bonchev–Trinajstić information content (AvgIpc) is 3.32. The molecular formula is C20H24N4OS. The first kappa shape index (κ1) is 17.2. The molecule has 3 heterocycles. The van der Waals surface area contributed by atoms with Crippen LogP contribution in [0.25, 0.3) is 10.2 Å². The van der Waals surface area contributed by atoms with Crippen molar-refractivity contribution in [2.45, 2.75) is 45.1 Å². The maximum absolute atomic E-state index is 12.7. The SMILES string of the molecule is CCn1ccnc1C1CCCN(C(=O)CCc2nc3ccccc3s2)C1. The summed E-state index contributed by atoms with van der Waals surface area (Å²) < 4.78 is 3.39. The molecule has 0 spiro atoms. The largest absolute Gasteiger partial charge is 0.342 e. The van der Waals surface area contributed by atoms with E-state index in [1.54, 1.807) is 11.3 Å².